The van der Waals surface area contributed by atoms with Crippen LogP contribution >= 0.6 is 0 Å². The van der Waals surface area contributed by atoms with Crippen LogP contribution in [0.4, 0.5) is 0 Å². The molecule has 0 atom stereocenters. The molecule has 0 aromatic heterocycles. The van der Waals surface area contributed by atoms with Crippen molar-refractivity contribution in [3.63, 3.8) is 0 Å². The normalized spacial score (nSPS) is 16.1. The van der Waals surface area contributed by atoms with E-state index in [-0.39, 0.29) is 0 Å². The van der Waals surface area contributed by atoms with E-state index in [1.54, 1.807) is 0 Å². The lowest BCUT2D eigenvalue weighted by atomic mass is 10.0. The lowest BCUT2D eigenvalue weighted by molar-refractivity contribution is 0.402. The van der Waals surface area contributed by atoms with E-state index in [2.05, 4.69) is 31.4 Å². The topological polar surface area (TPSA) is 24.1 Å². The zero-order chi connectivity index (χ0) is 11.2. The summed E-state index contributed by atoms with van der Waals surface area (Å²) in [5.41, 5.74) is 0. The Bertz CT molecular complexity index is 76.4. The lowest BCUT2D eigenvalue weighted by Crippen LogP contribution is -2.26. The van der Waals surface area contributed by atoms with Gasteiger partial charge in [0.2, 0.25) is 0 Å². The Hall–Kier alpha value is -0.0800. The number of rotatable bonds is 2. The molecule has 0 radical (unpaired) electrons. The van der Waals surface area contributed by atoms with Crippen LogP contribution in [0.3, 0.4) is 0 Å². The van der Waals surface area contributed by atoms with Gasteiger partial charge in [-0.3, -0.25) is 0 Å². The first-order chi connectivity index (χ1) is 6.81. The first kappa shape index (κ1) is 16.4. The molecule has 2 N–H and O–H groups in total. The highest BCUT2D eigenvalue weighted by Gasteiger charge is 2.04. The summed E-state index contributed by atoms with van der Waals surface area (Å²) >= 11 is 0. The van der Waals surface area contributed by atoms with E-state index in [0.717, 1.165) is 19.0 Å². The summed E-state index contributed by atoms with van der Waals surface area (Å²) in [6, 6.07) is 0. The first-order valence-electron chi connectivity index (χ1n) is 6.22. The van der Waals surface area contributed by atoms with E-state index in [9.17, 15) is 0 Å². The third-order valence-corrected chi connectivity index (χ3v) is 2.13. The highest BCUT2D eigenvalue weighted by molar-refractivity contribution is 4.62. The van der Waals surface area contributed by atoms with E-state index < -0.39 is 0 Å². The Balaban J connectivity index is 0. The van der Waals surface area contributed by atoms with E-state index >= 15 is 0 Å². The molecular formula is C12H30N2. The maximum absolute atomic E-state index is 3.32. The predicted molar refractivity (Wildman–Crippen MR) is 66.8 cm³/mol. The molecule has 0 amide bonds. The molecule has 1 rings (SSSR count). The molecule has 2 nitrogen and oxygen atoms in total. The molecule has 1 heterocycles. The van der Waals surface area contributed by atoms with Gasteiger partial charge in [0.25, 0.3) is 0 Å². The second-order valence-electron chi connectivity index (χ2n) is 3.39. The van der Waals surface area contributed by atoms with Gasteiger partial charge in [0.1, 0.15) is 0 Å². The minimum absolute atomic E-state index is 0.973. The fraction of sp³-hybridized carbons (Fsp3) is 1.00. The van der Waals surface area contributed by atoms with Crippen LogP contribution in [0.5, 0.6) is 0 Å². The molecule has 0 aromatic rings. The summed E-state index contributed by atoms with van der Waals surface area (Å²) in [7, 11) is 0. The van der Waals surface area contributed by atoms with Gasteiger partial charge in [-0.15, -0.1) is 0 Å². The fourth-order valence-corrected chi connectivity index (χ4v) is 1.22. The zero-order valence-corrected chi connectivity index (χ0v) is 10.8. The molecule has 0 saturated carbocycles. The largest absolute Gasteiger partial charge is 0.317 e. The van der Waals surface area contributed by atoms with E-state index in [4.69, 9.17) is 0 Å². The third-order valence-electron chi connectivity index (χ3n) is 2.13. The van der Waals surface area contributed by atoms with Gasteiger partial charge in [0, 0.05) is 0 Å². The maximum Gasteiger partial charge on any atom is -0.00464 e. The van der Waals surface area contributed by atoms with E-state index in [0.29, 0.717) is 0 Å². The summed E-state index contributed by atoms with van der Waals surface area (Å²) < 4.78 is 0. The van der Waals surface area contributed by atoms with Crippen molar-refractivity contribution in [3.05, 3.63) is 0 Å². The number of piperidine rings is 1. The number of nitrogens with one attached hydrogen (secondary N) is 2. The Kier molecular flexibility index (Phi) is 18.0. The molecule has 0 spiro atoms. The van der Waals surface area contributed by atoms with Crippen molar-refractivity contribution in [1.82, 2.24) is 10.6 Å². The summed E-state index contributed by atoms with van der Waals surface area (Å²) in [6.07, 6.45) is 2.75. The molecule has 14 heavy (non-hydrogen) atoms. The molecule has 2 heteroatoms. The van der Waals surface area contributed by atoms with Gasteiger partial charge in [-0.25, -0.2) is 0 Å². The van der Waals surface area contributed by atoms with Gasteiger partial charge in [-0.05, 0) is 44.9 Å². The highest BCUT2D eigenvalue weighted by Crippen LogP contribution is 2.08. The number of hydrogen-bond donors (Lipinski definition) is 2. The average molecular weight is 202 g/mol. The Morgan fingerprint density at radius 3 is 1.64 bits per heavy atom. The molecule has 0 unspecified atom stereocenters. The molecule has 1 aliphatic heterocycles. The Labute approximate surface area is 90.9 Å². The van der Waals surface area contributed by atoms with Crippen molar-refractivity contribution in [1.29, 1.82) is 0 Å². The van der Waals surface area contributed by atoms with Gasteiger partial charge in [-0.2, -0.15) is 0 Å². The lowest BCUT2D eigenvalue weighted by Gasteiger charge is -2.17. The Morgan fingerprint density at radius 2 is 1.50 bits per heavy atom. The van der Waals surface area contributed by atoms with Gasteiger partial charge in [0.15, 0.2) is 0 Å². The summed E-state index contributed by atoms with van der Waals surface area (Å²) in [5.74, 6) is 0.973. The molecule has 0 aromatic carbocycles. The van der Waals surface area contributed by atoms with E-state index in [1.807, 2.05) is 13.8 Å². The fourth-order valence-electron chi connectivity index (χ4n) is 1.22. The van der Waals surface area contributed by atoms with Crippen LogP contribution in [0.1, 0.15) is 47.5 Å². The molecule has 88 valence electrons. The van der Waals surface area contributed by atoms with Crippen molar-refractivity contribution in [2.75, 3.05) is 26.2 Å². The van der Waals surface area contributed by atoms with E-state index in [1.165, 1.54) is 25.9 Å². The third kappa shape index (κ3) is 14.4. The molecule has 1 saturated heterocycles. The predicted octanol–water partition coefficient (Wildman–Crippen LogP) is 2.65. The molecule has 0 bridgehead atoms. The highest BCUT2D eigenvalue weighted by atomic mass is 14.9. The van der Waals surface area contributed by atoms with Crippen LogP contribution in [0, 0.1) is 5.92 Å². The average Bonchev–Trinajstić information content (AvgIpc) is 2.24. The smallest absolute Gasteiger partial charge is 0.00464 e. The quantitative estimate of drug-likeness (QED) is 0.719. The van der Waals surface area contributed by atoms with Gasteiger partial charge in [0.05, 0.1) is 0 Å². The van der Waals surface area contributed by atoms with Crippen LogP contribution in [-0.2, 0) is 0 Å². The van der Waals surface area contributed by atoms with Crippen molar-refractivity contribution in [3.8, 4) is 0 Å². The number of hydrogen-bond acceptors (Lipinski definition) is 2. The van der Waals surface area contributed by atoms with Gasteiger partial charge >= 0.3 is 0 Å². The van der Waals surface area contributed by atoms with Gasteiger partial charge < -0.3 is 10.6 Å². The zero-order valence-electron chi connectivity index (χ0n) is 10.8. The van der Waals surface area contributed by atoms with Crippen LogP contribution < -0.4 is 10.6 Å². The SMILES string of the molecule is CC.CC1CCNCC1.CCNCC. The second-order valence-corrected chi connectivity index (χ2v) is 3.39. The van der Waals surface area contributed by atoms with Crippen molar-refractivity contribution >= 4 is 0 Å². The molecule has 1 fully saturated rings. The minimum atomic E-state index is 0.973. The van der Waals surface area contributed by atoms with Crippen molar-refractivity contribution in [2.24, 2.45) is 5.92 Å². The minimum Gasteiger partial charge on any atom is -0.317 e. The van der Waals surface area contributed by atoms with Crippen molar-refractivity contribution in [2.45, 2.75) is 47.5 Å². The summed E-state index contributed by atoms with van der Waals surface area (Å²) in [6.45, 7) is 15.2. The van der Waals surface area contributed by atoms with Crippen molar-refractivity contribution < 1.29 is 0 Å². The summed E-state index contributed by atoms with van der Waals surface area (Å²) in [4.78, 5) is 0. The first-order valence-corrected chi connectivity index (χ1v) is 6.22. The van der Waals surface area contributed by atoms with Crippen LogP contribution in [0.25, 0.3) is 0 Å². The molecule has 1 aliphatic rings. The van der Waals surface area contributed by atoms with Crippen LogP contribution in [-0.4, -0.2) is 26.2 Å². The molecular weight excluding hydrogens is 172 g/mol. The second kappa shape index (κ2) is 15.4. The van der Waals surface area contributed by atoms with Crippen LogP contribution in [0.2, 0.25) is 0 Å². The van der Waals surface area contributed by atoms with Gasteiger partial charge in [-0.1, -0.05) is 34.6 Å². The summed E-state index contributed by atoms with van der Waals surface area (Å²) in [5, 5.41) is 6.43. The maximum atomic E-state index is 3.32. The van der Waals surface area contributed by atoms with Crippen LogP contribution in [0.15, 0.2) is 0 Å². The Morgan fingerprint density at radius 1 is 1.07 bits per heavy atom. The monoisotopic (exact) mass is 202 g/mol. The molecule has 0 aliphatic carbocycles. The standard InChI is InChI=1S/C6H13N.C4H11N.C2H6/c1-6-2-4-7-5-3-6;1-3-5-4-2;1-2/h6-7H,2-5H2,1H3;5H,3-4H2,1-2H3;1-2H3.